The van der Waals surface area contributed by atoms with Gasteiger partial charge < -0.3 is 4.74 Å². The number of halogens is 2. The lowest BCUT2D eigenvalue weighted by atomic mass is 9.98. The summed E-state index contributed by atoms with van der Waals surface area (Å²) in [7, 11) is 0. The Morgan fingerprint density at radius 2 is 1.22 bits per heavy atom. The molecule has 0 aromatic heterocycles. The maximum Gasteiger partial charge on any atom is 0.189 e. The van der Waals surface area contributed by atoms with Gasteiger partial charge in [-0.2, -0.15) is 0 Å². The highest BCUT2D eigenvalue weighted by atomic mass is 35.5. The van der Waals surface area contributed by atoms with Gasteiger partial charge in [0.05, 0.1) is 13.2 Å². The van der Waals surface area contributed by atoms with Gasteiger partial charge in [0.2, 0.25) is 0 Å². The second-order valence-electron chi connectivity index (χ2n) is 5.20. The van der Waals surface area contributed by atoms with Crippen molar-refractivity contribution in [2.45, 2.75) is 0 Å². The topological polar surface area (TPSA) is 26.3 Å². The SMILES string of the molecule is O=C1/C(=C/c2ccccc2Cl)COC/C1=C\c1ccccc1Cl. The highest BCUT2D eigenvalue weighted by molar-refractivity contribution is 6.33. The predicted molar refractivity (Wildman–Crippen MR) is 94.7 cm³/mol. The van der Waals surface area contributed by atoms with E-state index >= 15 is 0 Å². The summed E-state index contributed by atoms with van der Waals surface area (Å²) >= 11 is 12.3. The molecule has 0 amide bonds. The molecule has 2 aromatic rings. The van der Waals surface area contributed by atoms with E-state index in [1.54, 1.807) is 24.3 Å². The van der Waals surface area contributed by atoms with Crippen LogP contribution in [0.15, 0.2) is 59.7 Å². The smallest absolute Gasteiger partial charge is 0.189 e. The molecule has 3 rings (SSSR count). The minimum Gasteiger partial charge on any atom is -0.372 e. The van der Waals surface area contributed by atoms with Crippen LogP contribution in [0.3, 0.4) is 0 Å². The van der Waals surface area contributed by atoms with E-state index in [4.69, 9.17) is 27.9 Å². The van der Waals surface area contributed by atoms with E-state index < -0.39 is 0 Å². The van der Waals surface area contributed by atoms with Crippen molar-refractivity contribution in [3.05, 3.63) is 80.8 Å². The molecule has 1 fully saturated rings. The van der Waals surface area contributed by atoms with Crippen molar-refractivity contribution >= 4 is 41.1 Å². The summed E-state index contributed by atoms with van der Waals surface area (Å²) in [5.41, 5.74) is 2.78. The molecule has 0 spiro atoms. The fourth-order valence-electron chi connectivity index (χ4n) is 2.38. The molecule has 0 N–H and O–H groups in total. The maximum absolute atomic E-state index is 12.7. The normalized spacial score (nSPS) is 18.6. The predicted octanol–water partition coefficient (Wildman–Crippen LogP) is 5.06. The van der Waals surface area contributed by atoms with Crippen LogP contribution in [0.25, 0.3) is 12.2 Å². The fraction of sp³-hybridized carbons (Fsp3) is 0.105. The van der Waals surface area contributed by atoms with Gasteiger partial charge >= 0.3 is 0 Å². The van der Waals surface area contributed by atoms with Crippen molar-refractivity contribution in [3.63, 3.8) is 0 Å². The minimum absolute atomic E-state index is 0.0314. The van der Waals surface area contributed by atoms with Crippen molar-refractivity contribution in [1.29, 1.82) is 0 Å². The van der Waals surface area contributed by atoms with Gasteiger partial charge in [-0.25, -0.2) is 0 Å². The number of ether oxygens (including phenoxy) is 1. The van der Waals surface area contributed by atoms with Crippen LogP contribution in [0.5, 0.6) is 0 Å². The molecule has 4 heteroatoms. The number of ketones is 1. The molecular weight excluding hydrogens is 331 g/mol. The van der Waals surface area contributed by atoms with E-state index in [1.807, 2.05) is 36.4 Å². The summed E-state index contributed by atoms with van der Waals surface area (Å²) < 4.78 is 5.55. The first-order valence-electron chi connectivity index (χ1n) is 7.18. The largest absolute Gasteiger partial charge is 0.372 e. The molecule has 1 aliphatic rings. The first-order valence-corrected chi connectivity index (χ1v) is 7.93. The van der Waals surface area contributed by atoms with E-state index in [0.29, 0.717) is 21.2 Å². The quantitative estimate of drug-likeness (QED) is 0.711. The van der Waals surface area contributed by atoms with Crippen LogP contribution in [0.4, 0.5) is 0 Å². The Hall–Kier alpha value is -1.87. The van der Waals surface area contributed by atoms with Crippen LogP contribution in [-0.4, -0.2) is 19.0 Å². The van der Waals surface area contributed by atoms with Crippen LogP contribution in [0.1, 0.15) is 11.1 Å². The third kappa shape index (κ3) is 3.73. The lowest BCUT2D eigenvalue weighted by Gasteiger charge is -2.17. The number of carbonyl (C=O) groups is 1. The first kappa shape index (κ1) is 16.0. The molecule has 0 unspecified atom stereocenters. The number of benzene rings is 2. The Kier molecular flexibility index (Phi) is 4.97. The van der Waals surface area contributed by atoms with Crippen LogP contribution in [-0.2, 0) is 9.53 Å². The van der Waals surface area contributed by atoms with Gasteiger partial charge in [-0.1, -0.05) is 59.6 Å². The summed E-state index contributed by atoms with van der Waals surface area (Å²) in [4.78, 5) is 12.7. The highest BCUT2D eigenvalue weighted by Gasteiger charge is 2.21. The van der Waals surface area contributed by atoms with Crippen LogP contribution in [0, 0.1) is 0 Å². The number of carbonyl (C=O) groups excluding carboxylic acids is 1. The molecule has 0 bridgehead atoms. The Labute approximate surface area is 145 Å². The van der Waals surface area contributed by atoms with Gasteiger partial charge in [0, 0.05) is 21.2 Å². The Bertz CT molecular complexity index is 741. The number of hydrogen-bond acceptors (Lipinski definition) is 2. The van der Waals surface area contributed by atoms with Crippen LogP contribution in [0.2, 0.25) is 10.0 Å². The molecule has 0 radical (unpaired) electrons. The minimum atomic E-state index is -0.0314. The summed E-state index contributed by atoms with van der Waals surface area (Å²) in [5, 5.41) is 1.21. The average Bonchev–Trinajstić information content (AvgIpc) is 2.55. The van der Waals surface area contributed by atoms with E-state index in [-0.39, 0.29) is 19.0 Å². The third-order valence-electron chi connectivity index (χ3n) is 3.57. The lowest BCUT2D eigenvalue weighted by Crippen LogP contribution is -2.21. The summed E-state index contributed by atoms with van der Waals surface area (Å²) in [6.45, 7) is 0.563. The molecule has 1 aliphatic heterocycles. The highest BCUT2D eigenvalue weighted by Crippen LogP contribution is 2.25. The summed E-state index contributed by atoms with van der Waals surface area (Å²) in [5.74, 6) is -0.0314. The van der Waals surface area contributed by atoms with Crippen molar-refractivity contribution in [1.82, 2.24) is 0 Å². The Balaban J connectivity index is 1.93. The van der Waals surface area contributed by atoms with Crippen LogP contribution < -0.4 is 0 Å². The fourth-order valence-corrected chi connectivity index (χ4v) is 2.76. The Morgan fingerprint density at radius 3 is 1.65 bits per heavy atom. The Morgan fingerprint density at radius 1 is 0.783 bits per heavy atom. The molecular formula is C19H14Cl2O2. The third-order valence-corrected chi connectivity index (χ3v) is 4.26. The lowest BCUT2D eigenvalue weighted by molar-refractivity contribution is -0.114. The van der Waals surface area contributed by atoms with Gasteiger partial charge in [0.15, 0.2) is 5.78 Å². The molecule has 1 saturated heterocycles. The standard InChI is InChI=1S/C19H14Cl2O2/c20-17-7-3-1-5-13(17)9-15-11-23-12-16(19(15)22)10-14-6-2-4-8-18(14)21/h1-10H,11-12H2/b15-9+,16-10+. The van der Waals surface area contributed by atoms with Crippen molar-refractivity contribution in [2.75, 3.05) is 13.2 Å². The van der Waals surface area contributed by atoms with E-state index in [0.717, 1.165) is 11.1 Å². The van der Waals surface area contributed by atoms with Gasteiger partial charge in [-0.3, -0.25) is 4.79 Å². The zero-order valence-corrected chi connectivity index (χ0v) is 13.8. The van der Waals surface area contributed by atoms with E-state index in [1.165, 1.54) is 0 Å². The second-order valence-corrected chi connectivity index (χ2v) is 6.02. The van der Waals surface area contributed by atoms with E-state index in [2.05, 4.69) is 0 Å². The zero-order chi connectivity index (χ0) is 16.2. The molecule has 0 saturated carbocycles. The number of rotatable bonds is 2. The number of hydrogen-bond donors (Lipinski definition) is 0. The molecule has 0 atom stereocenters. The molecule has 0 aliphatic carbocycles. The first-order chi connectivity index (χ1) is 11.1. The summed E-state index contributed by atoms with van der Waals surface area (Å²) in [6.07, 6.45) is 3.56. The second kappa shape index (κ2) is 7.14. The van der Waals surface area contributed by atoms with Gasteiger partial charge in [0.25, 0.3) is 0 Å². The molecule has 2 nitrogen and oxygen atoms in total. The van der Waals surface area contributed by atoms with Crippen molar-refractivity contribution in [3.8, 4) is 0 Å². The molecule has 23 heavy (non-hydrogen) atoms. The van der Waals surface area contributed by atoms with Gasteiger partial charge in [-0.15, -0.1) is 0 Å². The monoisotopic (exact) mass is 344 g/mol. The van der Waals surface area contributed by atoms with Gasteiger partial charge in [0.1, 0.15) is 0 Å². The summed E-state index contributed by atoms with van der Waals surface area (Å²) in [6, 6.07) is 14.8. The maximum atomic E-state index is 12.7. The van der Waals surface area contributed by atoms with E-state index in [9.17, 15) is 4.79 Å². The molecule has 2 aromatic carbocycles. The number of Topliss-reactive ketones (excluding diaryl/α,β-unsaturated/α-hetero) is 1. The van der Waals surface area contributed by atoms with Crippen molar-refractivity contribution < 1.29 is 9.53 Å². The average molecular weight is 345 g/mol. The molecule has 116 valence electrons. The van der Waals surface area contributed by atoms with Gasteiger partial charge in [-0.05, 0) is 35.4 Å². The molecule has 1 heterocycles. The van der Waals surface area contributed by atoms with Crippen LogP contribution >= 0.6 is 23.2 Å². The zero-order valence-electron chi connectivity index (χ0n) is 12.3. The van der Waals surface area contributed by atoms with Crippen molar-refractivity contribution in [2.24, 2.45) is 0 Å².